The van der Waals surface area contributed by atoms with Gasteiger partial charge in [0, 0.05) is 29.7 Å². The van der Waals surface area contributed by atoms with Gasteiger partial charge in [0.2, 0.25) is 0 Å². The first-order chi connectivity index (χ1) is 11.9. The molecule has 3 rings (SSSR count). The van der Waals surface area contributed by atoms with E-state index >= 15 is 0 Å². The lowest BCUT2D eigenvalue weighted by molar-refractivity contribution is 0.0601. The number of hydrogen-bond acceptors (Lipinski definition) is 5. The predicted octanol–water partition coefficient (Wildman–Crippen LogP) is 2.86. The zero-order chi connectivity index (χ0) is 18.1. The quantitative estimate of drug-likeness (QED) is 0.630. The molecule has 0 radical (unpaired) electrons. The highest BCUT2D eigenvalue weighted by Gasteiger charge is 2.27. The van der Waals surface area contributed by atoms with Gasteiger partial charge in [0.15, 0.2) is 5.11 Å². The zero-order valence-electron chi connectivity index (χ0n) is 14.9. The highest BCUT2D eigenvalue weighted by Crippen LogP contribution is 2.39. The average Bonchev–Trinajstić information content (AvgIpc) is 3.20. The van der Waals surface area contributed by atoms with E-state index in [1.807, 2.05) is 25.6 Å². The summed E-state index contributed by atoms with van der Waals surface area (Å²) in [6, 6.07) is 0. The first kappa shape index (κ1) is 17.9. The Bertz CT molecular complexity index is 838. The minimum atomic E-state index is -0.302. The topological polar surface area (TPSA) is 68.2 Å². The van der Waals surface area contributed by atoms with Crippen LogP contribution >= 0.6 is 23.6 Å². The lowest BCUT2D eigenvalue weighted by atomic mass is 10.1. The van der Waals surface area contributed by atoms with Gasteiger partial charge >= 0.3 is 5.97 Å². The minimum absolute atomic E-state index is 0.302. The molecule has 0 saturated heterocycles. The van der Waals surface area contributed by atoms with Crippen LogP contribution in [-0.4, -0.2) is 28.0 Å². The number of carbonyl (C=O) groups excluding carboxylic acids is 1. The van der Waals surface area contributed by atoms with Gasteiger partial charge in [-0.05, 0) is 50.9 Å². The number of aryl methyl sites for hydroxylation is 3. The van der Waals surface area contributed by atoms with Gasteiger partial charge in [0.1, 0.15) is 5.00 Å². The number of esters is 1. The van der Waals surface area contributed by atoms with E-state index in [4.69, 9.17) is 17.0 Å². The Labute approximate surface area is 156 Å². The van der Waals surface area contributed by atoms with Crippen molar-refractivity contribution in [3.05, 3.63) is 33.0 Å². The van der Waals surface area contributed by atoms with E-state index in [0.717, 1.165) is 46.8 Å². The summed E-state index contributed by atoms with van der Waals surface area (Å²) in [6.45, 7) is 4.61. The maximum absolute atomic E-state index is 12.2. The van der Waals surface area contributed by atoms with Crippen molar-refractivity contribution in [2.24, 2.45) is 7.05 Å². The van der Waals surface area contributed by atoms with Crippen molar-refractivity contribution in [1.29, 1.82) is 0 Å². The van der Waals surface area contributed by atoms with E-state index in [1.54, 1.807) is 11.3 Å². The molecule has 0 saturated carbocycles. The number of thiocarbonyl (C=S) groups is 1. The number of aromatic nitrogens is 2. The number of methoxy groups -OCH3 is 1. The van der Waals surface area contributed by atoms with Gasteiger partial charge in [-0.3, -0.25) is 4.68 Å². The fourth-order valence-corrected chi connectivity index (χ4v) is 4.72. The summed E-state index contributed by atoms with van der Waals surface area (Å²) in [5, 5.41) is 12.1. The molecule has 0 unspecified atom stereocenters. The van der Waals surface area contributed by atoms with E-state index in [9.17, 15) is 4.79 Å². The van der Waals surface area contributed by atoms with Crippen LogP contribution in [0.15, 0.2) is 0 Å². The summed E-state index contributed by atoms with van der Waals surface area (Å²) in [6.07, 6.45) is 3.03. The molecule has 0 aliphatic heterocycles. The number of hydrogen-bond donors (Lipinski definition) is 2. The fourth-order valence-electron chi connectivity index (χ4n) is 3.20. The number of nitrogens with one attached hydrogen (secondary N) is 2. The fraction of sp³-hybridized carbons (Fsp3) is 0.471. The number of nitrogens with zero attached hydrogens (tertiary/aromatic N) is 2. The minimum Gasteiger partial charge on any atom is -0.465 e. The number of thiophene rings is 1. The second-order valence-corrected chi connectivity index (χ2v) is 7.65. The lowest BCUT2D eigenvalue weighted by Crippen LogP contribution is -2.28. The van der Waals surface area contributed by atoms with Gasteiger partial charge in [-0.15, -0.1) is 11.3 Å². The van der Waals surface area contributed by atoms with E-state index < -0.39 is 0 Å². The van der Waals surface area contributed by atoms with Crippen molar-refractivity contribution in [2.75, 3.05) is 12.4 Å². The van der Waals surface area contributed by atoms with Crippen LogP contribution in [0.1, 0.15) is 44.2 Å². The van der Waals surface area contributed by atoms with Crippen molar-refractivity contribution in [1.82, 2.24) is 15.1 Å². The number of anilines is 1. The van der Waals surface area contributed by atoms with Crippen molar-refractivity contribution >= 4 is 39.6 Å². The Balaban J connectivity index is 1.72. The van der Waals surface area contributed by atoms with Crippen LogP contribution in [0.3, 0.4) is 0 Å². The summed E-state index contributed by atoms with van der Waals surface area (Å²) in [7, 11) is 3.34. The van der Waals surface area contributed by atoms with E-state index in [2.05, 4.69) is 15.7 Å². The molecule has 1 aliphatic carbocycles. The van der Waals surface area contributed by atoms with Gasteiger partial charge in [-0.1, -0.05) is 0 Å². The van der Waals surface area contributed by atoms with Crippen molar-refractivity contribution in [2.45, 2.75) is 39.7 Å². The van der Waals surface area contributed by atoms with Crippen LogP contribution in [-0.2, 0) is 31.2 Å². The van der Waals surface area contributed by atoms with Gasteiger partial charge in [-0.2, -0.15) is 5.10 Å². The van der Waals surface area contributed by atoms with Gasteiger partial charge in [-0.25, -0.2) is 4.79 Å². The van der Waals surface area contributed by atoms with Crippen LogP contribution in [0.4, 0.5) is 5.00 Å². The molecule has 2 heterocycles. The smallest absolute Gasteiger partial charge is 0.341 e. The molecule has 0 atom stereocenters. The molecule has 1 aliphatic rings. The molecule has 0 spiro atoms. The summed E-state index contributed by atoms with van der Waals surface area (Å²) in [5.41, 5.74) is 4.98. The first-order valence-electron chi connectivity index (χ1n) is 8.19. The molecule has 0 bridgehead atoms. The summed E-state index contributed by atoms with van der Waals surface area (Å²) in [5.74, 6) is -0.302. The van der Waals surface area contributed by atoms with Crippen LogP contribution in [0.25, 0.3) is 0 Å². The van der Waals surface area contributed by atoms with Crippen LogP contribution < -0.4 is 10.6 Å². The molecule has 8 heteroatoms. The van der Waals surface area contributed by atoms with Crippen LogP contribution in [0.2, 0.25) is 0 Å². The molecule has 25 heavy (non-hydrogen) atoms. The van der Waals surface area contributed by atoms with E-state index in [1.165, 1.54) is 12.0 Å². The Morgan fingerprint density at radius 2 is 2.16 bits per heavy atom. The second-order valence-electron chi connectivity index (χ2n) is 6.13. The molecule has 6 nitrogen and oxygen atoms in total. The van der Waals surface area contributed by atoms with E-state index in [-0.39, 0.29) is 5.97 Å². The largest absolute Gasteiger partial charge is 0.465 e. The number of rotatable bonds is 4. The molecule has 134 valence electrons. The molecule has 2 aromatic rings. The monoisotopic (exact) mass is 378 g/mol. The molecule has 2 aromatic heterocycles. The van der Waals surface area contributed by atoms with Gasteiger partial charge in [0.25, 0.3) is 0 Å². The standard InChI is InChI=1S/C17H22N4O2S2/c1-9-12(10(2)21(3)20-9)8-18-17(24)19-15-14(16(22)23-4)11-6-5-7-13(11)25-15/h5-8H2,1-4H3,(H2,18,19,24). The van der Waals surface area contributed by atoms with Crippen LogP contribution in [0, 0.1) is 13.8 Å². The Morgan fingerprint density at radius 3 is 2.80 bits per heavy atom. The summed E-state index contributed by atoms with van der Waals surface area (Å²) >= 11 is 7.02. The third-order valence-electron chi connectivity index (χ3n) is 4.62. The first-order valence-corrected chi connectivity index (χ1v) is 9.41. The Kier molecular flexibility index (Phi) is 5.10. The number of ether oxygens (including phenoxy) is 1. The Morgan fingerprint density at radius 1 is 1.40 bits per heavy atom. The van der Waals surface area contributed by atoms with Crippen molar-refractivity contribution in [3.8, 4) is 0 Å². The summed E-state index contributed by atoms with van der Waals surface area (Å²) in [4.78, 5) is 13.4. The SMILES string of the molecule is COC(=O)c1c(NC(=S)NCc2c(C)nn(C)c2C)sc2c1CCC2. The number of carbonyl (C=O) groups is 1. The summed E-state index contributed by atoms with van der Waals surface area (Å²) < 4.78 is 6.82. The molecule has 0 amide bonds. The van der Waals surface area contributed by atoms with Crippen molar-refractivity contribution in [3.63, 3.8) is 0 Å². The Hall–Kier alpha value is -1.93. The van der Waals surface area contributed by atoms with E-state index in [0.29, 0.717) is 17.2 Å². The third-order valence-corrected chi connectivity index (χ3v) is 6.08. The highest BCUT2D eigenvalue weighted by molar-refractivity contribution is 7.80. The van der Waals surface area contributed by atoms with Crippen molar-refractivity contribution < 1.29 is 9.53 Å². The maximum atomic E-state index is 12.2. The molecular formula is C17H22N4O2S2. The molecule has 2 N–H and O–H groups in total. The second kappa shape index (κ2) is 7.13. The lowest BCUT2D eigenvalue weighted by Gasteiger charge is -2.11. The average molecular weight is 379 g/mol. The molecule has 0 aromatic carbocycles. The molecular weight excluding hydrogens is 356 g/mol. The van der Waals surface area contributed by atoms with Gasteiger partial charge in [0.05, 0.1) is 18.4 Å². The normalized spacial score (nSPS) is 12.8. The predicted molar refractivity (Wildman–Crippen MR) is 103 cm³/mol. The van der Waals surface area contributed by atoms with Crippen LogP contribution in [0.5, 0.6) is 0 Å². The number of fused-ring (bicyclic) bond motifs is 1. The maximum Gasteiger partial charge on any atom is 0.341 e. The zero-order valence-corrected chi connectivity index (χ0v) is 16.5. The van der Waals surface area contributed by atoms with Gasteiger partial charge < -0.3 is 15.4 Å². The molecule has 0 fully saturated rings. The highest BCUT2D eigenvalue weighted by atomic mass is 32.1. The third kappa shape index (κ3) is 3.41.